The largest absolute Gasteiger partial charge is 0.444 e. The summed E-state index contributed by atoms with van der Waals surface area (Å²) in [6.07, 6.45) is 9.35. The third-order valence-electron chi connectivity index (χ3n) is 7.00. The Morgan fingerprint density at radius 3 is 2.70 bits per heavy atom. The summed E-state index contributed by atoms with van der Waals surface area (Å²) in [6, 6.07) is 8.80. The SMILES string of the molecule is CC(C)(C)OC(=O)N1CCc2nc(C3(c4cccc(C5=CCCCC5)c4)CC3)[nH]c(=O)c2C1. The molecule has 2 aromatic rings. The Kier molecular flexibility index (Phi) is 5.42. The van der Waals surface area contributed by atoms with Crippen LogP contribution in [0.2, 0.25) is 0 Å². The summed E-state index contributed by atoms with van der Waals surface area (Å²) in [7, 11) is 0. The molecule has 1 aromatic heterocycles. The second kappa shape index (κ2) is 8.15. The van der Waals surface area contributed by atoms with Crippen molar-refractivity contribution in [1.82, 2.24) is 14.9 Å². The second-order valence-electron chi connectivity index (χ2n) is 10.6. The van der Waals surface area contributed by atoms with Crippen molar-refractivity contribution in [3.63, 3.8) is 0 Å². The standard InChI is InChI=1S/C27H33N3O3/c1-26(2,3)33-25(32)30-15-12-22-21(17-30)23(31)29-24(28-22)27(13-14-27)20-11-7-10-19(16-20)18-8-5-4-6-9-18/h7-8,10-11,16H,4-6,9,12-15,17H2,1-3H3,(H,28,29,31). The number of ether oxygens (including phenoxy) is 1. The van der Waals surface area contributed by atoms with Crippen molar-refractivity contribution in [3.8, 4) is 0 Å². The van der Waals surface area contributed by atoms with E-state index in [0.29, 0.717) is 18.5 Å². The number of nitrogens with one attached hydrogen (secondary N) is 1. The Labute approximate surface area is 195 Å². The molecule has 1 aromatic carbocycles. The van der Waals surface area contributed by atoms with Gasteiger partial charge in [0, 0.05) is 13.0 Å². The first-order valence-electron chi connectivity index (χ1n) is 12.2. The van der Waals surface area contributed by atoms with Gasteiger partial charge in [-0.25, -0.2) is 9.78 Å². The van der Waals surface area contributed by atoms with Gasteiger partial charge in [0.25, 0.3) is 5.56 Å². The van der Waals surface area contributed by atoms with E-state index in [1.54, 1.807) is 4.90 Å². The van der Waals surface area contributed by atoms with E-state index in [-0.39, 0.29) is 23.6 Å². The van der Waals surface area contributed by atoms with Crippen molar-refractivity contribution in [3.05, 3.63) is 68.9 Å². The van der Waals surface area contributed by atoms with E-state index in [2.05, 4.69) is 35.3 Å². The molecule has 0 saturated heterocycles. The number of amides is 1. The van der Waals surface area contributed by atoms with Gasteiger partial charge in [-0.3, -0.25) is 4.79 Å². The summed E-state index contributed by atoms with van der Waals surface area (Å²) in [5, 5.41) is 0. The van der Waals surface area contributed by atoms with Crippen LogP contribution in [0.15, 0.2) is 35.1 Å². The molecular weight excluding hydrogens is 414 g/mol. The first-order chi connectivity index (χ1) is 15.7. The third-order valence-corrected chi connectivity index (χ3v) is 7.00. The molecule has 0 atom stereocenters. The Balaban J connectivity index is 1.42. The predicted octanol–water partition coefficient (Wildman–Crippen LogP) is 5.10. The van der Waals surface area contributed by atoms with Crippen molar-refractivity contribution in [1.29, 1.82) is 0 Å². The average Bonchev–Trinajstić information content (AvgIpc) is 3.61. The predicted molar refractivity (Wildman–Crippen MR) is 128 cm³/mol. The van der Waals surface area contributed by atoms with Crippen molar-refractivity contribution in [2.75, 3.05) is 6.54 Å². The monoisotopic (exact) mass is 447 g/mol. The number of allylic oxidation sites excluding steroid dienone is 2. The summed E-state index contributed by atoms with van der Waals surface area (Å²) in [4.78, 5) is 35.2. The molecular formula is C27H33N3O3. The molecule has 5 rings (SSSR count). The van der Waals surface area contributed by atoms with Gasteiger partial charge in [-0.05, 0) is 76.0 Å². The maximum absolute atomic E-state index is 13.1. The fraction of sp³-hybridized carbons (Fsp3) is 0.519. The molecule has 1 fully saturated rings. The fourth-order valence-corrected chi connectivity index (χ4v) is 5.04. The number of nitrogens with zero attached hydrogens (tertiary/aromatic N) is 2. The molecule has 6 nitrogen and oxygen atoms in total. The second-order valence-corrected chi connectivity index (χ2v) is 10.6. The Bertz CT molecular complexity index is 1170. The lowest BCUT2D eigenvalue weighted by Crippen LogP contribution is -2.42. The number of aromatic amines is 1. The maximum atomic E-state index is 13.1. The lowest BCUT2D eigenvalue weighted by Gasteiger charge is -2.30. The minimum absolute atomic E-state index is 0.138. The highest BCUT2D eigenvalue weighted by atomic mass is 16.6. The van der Waals surface area contributed by atoms with Crippen molar-refractivity contribution >= 4 is 11.7 Å². The van der Waals surface area contributed by atoms with E-state index in [0.717, 1.165) is 37.2 Å². The number of benzene rings is 1. The van der Waals surface area contributed by atoms with E-state index in [4.69, 9.17) is 9.72 Å². The number of hydrogen-bond acceptors (Lipinski definition) is 4. The lowest BCUT2D eigenvalue weighted by molar-refractivity contribution is 0.0221. The number of fused-ring (bicyclic) bond motifs is 1. The molecule has 6 heteroatoms. The fourth-order valence-electron chi connectivity index (χ4n) is 5.04. The number of carbonyl (C=O) groups is 1. The van der Waals surface area contributed by atoms with Gasteiger partial charge in [0.1, 0.15) is 11.4 Å². The van der Waals surface area contributed by atoms with E-state index in [1.165, 1.54) is 29.5 Å². The molecule has 33 heavy (non-hydrogen) atoms. The molecule has 2 aliphatic carbocycles. The lowest BCUT2D eigenvalue weighted by atomic mass is 9.88. The van der Waals surface area contributed by atoms with Crippen LogP contribution in [0, 0.1) is 0 Å². The molecule has 3 aliphatic rings. The molecule has 0 bridgehead atoms. The number of carbonyl (C=O) groups excluding carboxylic acids is 1. The molecule has 174 valence electrons. The number of H-pyrrole nitrogens is 1. The van der Waals surface area contributed by atoms with Gasteiger partial charge >= 0.3 is 6.09 Å². The highest BCUT2D eigenvalue weighted by Gasteiger charge is 2.49. The normalized spacial score (nSPS) is 19.5. The highest BCUT2D eigenvalue weighted by Crippen LogP contribution is 2.52. The molecule has 1 amide bonds. The highest BCUT2D eigenvalue weighted by molar-refractivity contribution is 5.69. The molecule has 0 spiro atoms. The topological polar surface area (TPSA) is 75.3 Å². The summed E-state index contributed by atoms with van der Waals surface area (Å²) < 4.78 is 5.49. The van der Waals surface area contributed by atoms with Gasteiger partial charge in [-0.1, -0.05) is 30.3 Å². The van der Waals surface area contributed by atoms with Crippen LogP contribution in [0.4, 0.5) is 4.79 Å². The molecule has 1 aliphatic heterocycles. The van der Waals surface area contributed by atoms with Crippen molar-refractivity contribution in [2.24, 2.45) is 0 Å². The van der Waals surface area contributed by atoms with Crippen LogP contribution in [-0.2, 0) is 23.1 Å². The van der Waals surface area contributed by atoms with Crippen LogP contribution < -0.4 is 5.56 Å². The number of rotatable bonds is 3. The first-order valence-corrected chi connectivity index (χ1v) is 12.2. The zero-order valence-corrected chi connectivity index (χ0v) is 19.9. The average molecular weight is 448 g/mol. The van der Waals surface area contributed by atoms with Crippen LogP contribution >= 0.6 is 0 Å². The van der Waals surface area contributed by atoms with E-state index in [1.807, 2.05) is 20.8 Å². The quantitative estimate of drug-likeness (QED) is 0.710. The summed E-state index contributed by atoms with van der Waals surface area (Å²) >= 11 is 0. The van der Waals surface area contributed by atoms with Crippen LogP contribution in [0.5, 0.6) is 0 Å². The third kappa shape index (κ3) is 4.35. The van der Waals surface area contributed by atoms with Crippen LogP contribution in [0.25, 0.3) is 5.57 Å². The molecule has 1 N–H and O–H groups in total. The van der Waals surface area contributed by atoms with Gasteiger partial charge in [-0.2, -0.15) is 0 Å². The minimum atomic E-state index is -0.563. The molecule has 0 unspecified atom stereocenters. The van der Waals surface area contributed by atoms with Gasteiger partial charge in [-0.15, -0.1) is 0 Å². The Hall–Kier alpha value is -2.89. The van der Waals surface area contributed by atoms with E-state index >= 15 is 0 Å². The molecule has 2 heterocycles. The maximum Gasteiger partial charge on any atom is 0.410 e. The molecule has 0 radical (unpaired) electrons. The molecule has 1 saturated carbocycles. The van der Waals surface area contributed by atoms with Crippen LogP contribution in [-0.4, -0.2) is 33.1 Å². The Morgan fingerprint density at radius 1 is 1.18 bits per heavy atom. The zero-order chi connectivity index (χ0) is 23.2. The minimum Gasteiger partial charge on any atom is -0.444 e. The number of aromatic nitrogens is 2. The van der Waals surface area contributed by atoms with Gasteiger partial charge in [0.2, 0.25) is 0 Å². The van der Waals surface area contributed by atoms with Crippen LogP contribution in [0.3, 0.4) is 0 Å². The number of hydrogen-bond donors (Lipinski definition) is 1. The van der Waals surface area contributed by atoms with Crippen molar-refractivity contribution in [2.45, 2.75) is 83.3 Å². The van der Waals surface area contributed by atoms with E-state index in [9.17, 15) is 9.59 Å². The van der Waals surface area contributed by atoms with Gasteiger partial charge in [0.15, 0.2) is 0 Å². The zero-order valence-electron chi connectivity index (χ0n) is 19.9. The smallest absolute Gasteiger partial charge is 0.410 e. The Morgan fingerprint density at radius 2 is 2.00 bits per heavy atom. The van der Waals surface area contributed by atoms with E-state index < -0.39 is 5.60 Å². The summed E-state index contributed by atoms with van der Waals surface area (Å²) in [5.41, 5.74) is 4.45. The summed E-state index contributed by atoms with van der Waals surface area (Å²) in [5.74, 6) is 0.770. The van der Waals surface area contributed by atoms with Crippen LogP contribution in [0.1, 0.15) is 87.5 Å². The van der Waals surface area contributed by atoms with Crippen molar-refractivity contribution < 1.29 is 9.53 Å². The van der Waals surface area contributed by atoms with Gasteiger partial charge in [0.05, 0.1) is 23.2 Å². The first kappa shape index (κ1) is 21.9. The van der Waals surface area contributed by atoms with Gasteiger partial charge < -0.3 is 14.6 Å². The summed E-state index contributed by atoms with van der Waals surface area (Å²) in [6.45, 7) is 6.28.